The Hall–Kier alpha value is -2.45. The highest BCUT2D eigenvalue weighted by Gasteiger charge is 2.26. The van der Waals surface area contributed by atoms with Gasteiger partial charge < -0.3 is 15.4 Å². The van der Waals surface area contributed by atoms with Gasteiger partial charge in [-0.2, -0.15) is 0 Å². The second-order valence-electron chi connectivity index (χ2n) is 7.67. The number of methoxy groups -OCH3 is 1. The quantitative estimate of drug-likeness (QED) is 0.673. The summed E-state index contributed by atoms with van der Waals surface area (Å²) in [5.74, 6) is 0.741. The third-order valence-electron chi connectivity index (χ3n) is 5.39. The molecule has 0 aliphatic carbocycles. The van der Waals surface area contributed by atoms with Crippen molar-refractivity contribution in [3.8, 4) is 5.75 Å². The molecular formula is C22H30N4O3S. The average Bonchev–Trinajstić information content (AvgIpc) is 3.05. The Kier molecular flexibility index (Phi) is 7.81. The minimum Gasteiger partial charge on any atom is -0.497 e. The molecule has 2 aromatic rings. The maximum Gasteiger partial charge on any atom is 0.240 e. The summed E-state index contributed by atoms with van der Waals surface area (Å²) >= 11 is 1.49. The number of aromatic nitrogens is 1. The number of piperidine rings is 1. The normalized spacial score (nSPS) is 16.8. The van der Waals surface area contributed by atoms with E-state index in [4.69, 9.17) is 4.74 Å². The average molecular weight is 431 g/mol. The second kappa shape index (κ2) is 10.5. The van der Waals surface area contributed by atoms with Crippen molar-refractivity contribution >= 4 is 28.3 Å². The molecule has 2 N–H and O–H groups in total. The zero-order chi connectivity index (χ0) is 21.5. The van der Waals surface area contributed by atoms with Crippen LogP contribution in [0.25, 0.3) is 0 Å². The summed E-state index contributed by atoms with van der Waals surface area (Å²) in [5.41, 5.74) is 2.10. The molecule has 2 heterocycles. The van der Waals surface area contributed by atoms with Crippen LogP contribution in [0.15, 0.2) is 24.3 Å². The van der Waals surface area contributed by atoms with Crippen molar-refractivity contribution in [2.75, 3.05) is 38.6 Å². The molecule has 2 amide bonds. The molecule has 3 rings (SSSR count). The molecule has 1 fully saturated rings. The number of amides is 2. The van der Waals surface area contributed by atoms with Gasteiger partial charge >= 0.3 is 0 Å². The number of hydrogen-bond donors (Lipinski definition) is 2. The molecule has 1 aromatic heterocycles. The Morgan fingerprint density at radius 2 is 2.03 bits per heavy atom. The van der Waals surface area contributed by atoms with E-state index >= 15 is 0 Å². The highest BCUT2D eigenvalue weighted by Crippen LogP contribution is 2.21. The molecule has 0 saturated carbocycles. The third kappa shape index (κ3) is 6.27. The number of carbonyl (C=O) groups excluding carboxylic acids is 2. The summed E-state index contributed by atoms with van der Waals surface area (Å²) < 4.78 is 5.16. The van der Waals surface area contributed by atoms with E-state index < -0.39 is 0 Å². The topological polar surface area (TPSA) is 83.6 Å². The monoisotopic (exact) mass is 430 g/mol. The molecule has 1 aromatic carbocycles. The van der Waals surface area contributed by atoms with Crippen LogP contribution in [0.3, 0.4) is 0 Å². The number of nitrogens with one attached hydrogen (secondary N) is 2. The van der Waals surface area contributed by atoms with Crippen LogP contribution >= 0.6 is 11.3 Å². The van der Waals surface area contributed by atoms with Gasteiger partial charge in [-0.15, -0.1) is 11.3 Å². The molecule has 0 spiro atoms. The van der Waals surface area contributed by atoms with Gasteiger partial charge in [0.15, 0.2) is 5.13 Å². The van der Waals surface area contributed by atoms with Gasteiger partial charge in [0, 0.05) is 18.0 Å². The number of likely N-dealkylation sites (tertiary alicyclic amines) is 1. The van der Waals surface area contributed by atoms with Gasteiger partial charge in [0.1, 0.15) is 5.75 Å². The number of rotatable bonds is 8. The standard InChI is InChI=1S/C22H30N4O3S/c1-15-16(2)30-22(24-15)25-20(27)14-26-12-4-5-18(13-26)21(28)23-11-10-17-6-8-19(29-3)9-7-17/h6-9,18H,4-5,10-14H2,1-3H3,(H,23,28)(H,24,25,27). The minimum atomic E-state index is -0.0793. The molecule has 1 aliphatic heterocycles. The lowest BCUT2D eigenvalue weighted by molar-refractivity contribution is -0.127. The molecule has 162 valence electrons. The summed E-state index contributed by atoms with van der Waals surface area (Å²) in [6.45, 7) is 6.25. The van der Waals surface area contributed by atoms with E-state index in [0.29, 0.717) is 18.2 Å². The van der Waals surface area contributed by atoms with Crippen LogP contribution < -0.4 is 15.4 Å². The summed E-state index contributed by atoms with van der Waals surface area (Å²) in [5, 5.41) is 6.56. The van der Waals surface area contributed by atoms with Crippen molar-refractivity contribution in [1.82, 2.24) is 15.2 Å². The van der Waals surface area contributed by atoms with E-state index in [1.165, 1.54) is 11.3 Å². The summed E-state index contributed by atoms with van der Waals surface area (Å²) in [6.07, 6.45) is 2.55. The number of carbonyl (C=O) groups is 2. The Bertz CT molecular complexity index is 846. The van der Waals surface area contributed by atoms with E-state index in [0.717, 1.165) is 47.7 Å². The molecule has 1 saturated heterocycles. The Labute approximate surface area is 181 Å². The van der Waals surface area contributed by atoms with Crippen molar-refractivity contribution < 1.29 is 14.3 Å². The number of anilines is 1. The number of aryl methyl sites for hydroxylation is 2. The number of thiazole rings is 1. The van der Waals surface area contributed by atoms with Gasteiger partial charge in [-0.05, 0) is 57.4 Å². The van der Waals surface area contributed by atoms with Gasteiger partial charge in [-0.3, -0.25) is 14.5 Å². The largest absolute Gasteiger partial charge is 0.497 e. The number of ether oxygens (including phenoxy) is 1. The maximum atomic E-state index is 12.6. The van der Waals surface area contributed by atoms with E-state index in [2.05, 4.69) is 20.5 Å². The zero-order valence-electron chi connectivity index (χ0n) is 17.9. The molecule has 1 aliphatic rings. The van der Waals surface area contributed by atoms with E-state index in [1.54, 1.807) is 7.11 Å². The molecule has 7 nitrogen and oxygen atoms in total. The van der Waals surface area contributed by atoms with Crippen LogP contribution in [-0.2, 0) is 16.0 Å². The smallest absolute Gasteiger partial charge is 0.240 e. The SMILES string of the molecule is COc1ccc(CCNC(=O)C2CCCN(CC(=O)Nc3nc(C)c(C)s3)C2)cc1. The Morgan fingerprint density at radius 1 is 1.27 bits per heavy atom. The molecule has 30 heavy (non-hydrogen) atoms. The van der Waals surface area contributed by atoms with E-state index in [1.807, 2.05) is 38.1 Å². The highest BCUT2D eigenvalue weighted by molar-refractivity contribution is 7.15. The van der Waals surface area contributed by atoms with Gasteiger partial charge in [0.2, 0.25) is 11.8 Å². The van der Waals surface area contributed by atoms with Gasteiger partial charge in [0.25, 0.3) is 0 Å². The summed E-state index contributed by atoms with van der Waals surface area (Å²) in [7, 11) is 1.65. The molecule has 0 radical (unpaired) electrons. The predicted molar refractivity (Wildman–Crippen MR) is 119 cm³/mol. The third-order valence-corrected chi connectivity index (χ3v) is 6.38. The van der Waals surface area contributed by atoms with Crippen LogP contribution in [0, 0.1) is 19.8 Å². The van der Waals surface area contributed by atoms with Crippen molar-refractivity contribution in [2.24, 2.45) is 5.92 Å². The Balaban J connectivity index is 1.41. The fourth-order valence-electron chi connectivity index (χ4n) is 3.57. The lowest BCUT2D eigenvalue weighted by atomic mass is 9.97. The van der Waals surface area contributed by atoms with Gasteiger partial charge in [0.05, 0.1) is 25.3 Å². The number of nitrogens with zero attached hydrogens (tertiary/aromatic N) is 2. The molecular weight excluding hydrogens is 400 g/mol. The van der Waals surface area contributed by atoms with Crippen molar-refractivity contribution in [3.63, 3.8) is 0 Å². The number of benzene rings is 1. The lowest BCUT2D eigenvalue weighted by Gasteiger charge is -2.31. The second-order valence-corrected chi connectivity index (χ2v) is 8.88. The van der Waals surface area contributed by atoms with Gasteiger partial charge in [-0.25, -0.2) is 4.98 Å². The van der Waals surface area contributed by atoms with Crippen LogP contribution in [0.4, 0.5) is 5.13 Å². The van der Waals surface area contributed by atoms with Crippen molar-refractivity contribution in [2.45, 2.75) is 33.1 Å². The molecule has 1 unspecified atom stereocenters. The maximum absolute atomic E-state index is 12.6. The van der Waals surface area contributed by atoms with E-state index in [9.17, 15) is 9.59 Å². The Morgan fingerprint density at radius 3 is 2.70 bits per heavy atom. The first-order valence-corrected chi connectivity index (χ1v) is 11.1. The first-order valence-electron chi connectivity index (χ1n) is 10.3. The van der Waals surface area contributed by atoms with Crippen LogP contribution in [0.1, 0.15) is 29.0 Å². The van der Waals surface area contributed by atoms with E-state index in [-0.39, 0.29) is 24.3 Å². The van der Waals surface area contributed by atoms with Gasteiger partial charge in [-0.1, -0.05) is 12.1 Å². The fraction of sp³-hybridized carbons (Fsp3) is 0.500. The van der Waals surface area contributed by atoms with Crippen molar-refractivity contribution in [1.29, 1.82) is 0 Å². The fourth-order valence-corrected chi connectivity index (χ4v) is 4.40. The van der Waals surface area contributed by atoms with Crippen LogP contribution in [0.5, 0.6) is 5.75 Å². The predicted octanol–water partition coefficient (Wildman–Crippen LogP) is 2.78. The molecule has 8 heteroatoms. The zero-order valence-corrected chi connectivity index (χ0v) is 18.7. The highest BCUT2D eigenvalue weighted by atomic mass is 32.1. The molecule has 1 atom stereocenters. The summed E-state index contributed by atoms with van der Waals surface area (Å²) in [4.78, 5) is 32.5. The summed E-state index contributed by atoms with van der Waals surface area (Å²) in [6, 6.07) is 7.87. The lowest BCUT2D eigenvalue weighted by Crippen LogP contribution is -2.45. The van der Waals surface area contributed by atoms with Crippen molar-refractivity contribution in [3.05, 3.63) is 40.4 Å². The first-order chi connectivity index (χ1) is 14.4. The van der Waals surface area contributed by atoms with Crippen LogP contribution in [-0.4, -0.2) is 55.0 Å². The number of hydrogen-bond acceptors (Lipinski definition) is 6. The molecule has 0 bridgehead atoms. The first kappa shape index (κ1) is 22.2. The minimum absolute atomic E-state index is 0.0693. The van der Waals surface area contributed by atoms with Crippen LogP contribution in [0.2, 0.25) is 0 Å².